The van der Waals surface area contributed by atoms with Crippen LogP contribution in [-0.4, -0.2) is 33.3 Å². The number of aromatic nitrogens is 3. The maximum atomic E-state index is 13.0. The van der Waals surface area contributed by atoms with E-state index in [1.54, 1.807) is 6.21 Å². The van der Waals surface area contributed by atoms with Gasteiger partial charge in [0.1, 0.15) is 16.9 Å². The third-order valence-corrected chi connectivity index (χ3v) is 5.42. The number of nitrogens with one attached hydrogen (secondary N) is 1. The predicted octanol–water partition coefficient (Wildman–Crippen LogP) is 4.67. The number of nitrogens with two attached hydrogens (primary N) is 1. The highest BCUT2D eigenvalue weighted by Crippen LogP contribution is 2.27. The lowest BCUT2D eigenvalue weighted by Crippen LogP contribution is -2.25. The maximum absolute atomic E-state index is 13.0. The van der Waals surface area contributed by atoms with Gasteiger partial charge in [0.15, 0.2) is 5.65 Å². The van der Waals surface area contributed by atoms with Gasteiger partial charge < -0.3 is 11.1 Å². The van der Waals surface area contributed by atoms with Crippen LogP contribution in [0, 0.1) is 6.92 Å². The van der Waals surface area contributed by atoms with Crippen LogP contribution in [0.1, 0.15) is 54.1 Å². The summed E-state index contributed by atoms with van der Waals surface area (Å²) in [5, 5.41) is 7.53. The fourth-order valence-corrected chi connectivity index (χ4v) is 3.61. The van der Waals surface area contributed by atoms with Gasteiger partial charge in [-0.1, -0.05) is 68.1 Å². The van der Waals surface area contributed by atoms with Gasteiger partial charge in [-0.2, -0.15) is 9.78 Å². The highest BCUT2D eigenvalue weighted by atomic mass is 16.1. The van der Waals surface area contributed by atoms with Crippen molar-refractivity contribution >= 4 is 40.1 Å². The minimum atomic E-state index is -0.252. The first kappa shape index (κ1) is 21.5. The molecule has 0 aliphatic carbocycles. The molecule has 7 nitrogen and oxygen atoms in total. The van der Waals surface area contributed by atoms with E-state index in [1.807, 2.05) is 55.5 Å². The number of unbranched alkanes of at least 4 members (excludes halogenated alkanes) is 3. The minimum Gasteiger partial charge on any atom is -0.383 e. The number of amides is 1. The number of nitrogens with zero attached hydrogens (tertiary/aromatic N) is 4. The van der Waals surface area contributed by atoms with E-state index < -0.39 is 0 Å². The molecule has 0 saturated carbocycles. The van der Waals surface area contributed by atoms with Crippen molar-refractivity contribution in [3.8, 4) is 0 Å². The molecule has 2 heterocycles. The van der Waals surface area contributed by atoms with Crippen molar-refractivity contribution in [2.45, 2.75) is 39.5 Å². The Morgan fingerprint density at radius 2 is 1.78 bits per heavy atom. The summed E-state index contributed by atoms with van der Waals surface area (Å²) in [6.45, 7) is 4.79. The molecule has 0 spiro atoms. The van der Waals surface area contributed by atoms with Gasteiger partial charge in [0.05, 0.1) is 17.2 Å². The van der Waals surface area contributed by atoms with Gasteiger partial charge in [0, 0.05) is 6.54 Å². The predicted molar refractivity (Wildman–Crippen MR) is 130 cm³/mol. The number of fused-ring (bicyclic) bond motifs is 2. The van der Waals surface area contributed by atoms with Crippen LogP contribution in [0.3, 0.4) is 0 Å². The second-order valence-corrected chi connectivity index (χ2v) is 7.93. The van der Waals surface area contributed by atoms with Crippen LogP contribution < -0.4 is 11.1 Å². The van der Waals surface area contributed by atoms with Crippen LogP contribution in [-0.2, 0) is 0 Å². The summed E-state index contributed by atoms with van der Waals surface area (Å²) in [5.41, 5.74) is 11.2. The number of para-hydroxylation sites is 2. The summed E-state index contributed by atoms with van der Waals surface area (Å²) < 4.78 is 1.50. The fraction of sp³-hybridized carbons (Fsp3) is 0.280. The van der Waals surface area contributed by atoms with E-state index >= 15 is 0 Å². The van der Waals surface area contributed by atoms with Crippen molar-refractivity contribution in [2.24, 2.45) is 5.10 Å². The molecule has 4 aromatic rings. The molecule has 0 fully saturated rings. The first-order chi connectivity index (χ1) is 15.6. The van der Waals surface area contributed by atoms with Crippen molar-refractivity contribution in [3.05, 3.63) is 65.2 Å². The van der Waals surface area contributed by atoms with Gasteiger partial charge in [-0.3, -0.25) is 4.79 Å². The second kappa shape index (κ2) is 9.60. The lowest BCUT2D eigenvalue weighted by molar-refractivity contribution is 0.0955. The summed E-state index contributed by atoms with van der Waals surface area (Å²) in [7, 11) is 0. The molecule has 1 amide bonds. The van der Waals surface area contributed by atoms with E-state index in [0.29, 0.717) is 28.8 Å². The van der Waals surface area contributed by atoms with Crippen LogP contribution in [0.4, 0.5) is 5.82 Å². The summed E-state index contributed by atoms with van der Waals surface area (Å²) in [6, 6.07) is 15.5. The van der Waals surface area contributed by atoms with Gasteiger partial charge in [-0.25, -0.2) is 9.97 Å². The van der Waals surface area contributed by atoms with Crippen LogP contribution >= 0.6 is 0 Å². The van der Waals surface area contributed by atoms with E-state index in [4.69, 9.17) is 15.7 Å². The van der Waals surface area contributed by atoms with E-state index in [2.05, 4.69) is 17.3 Å². The molecule has 164 valence electrons. The first-order valence-electron chi connectivity index (χ1n) is 11.0. The van der Waals surface area contributed by atoms with Crippen molar-refractivity contribution in [3.63, 3.8) is 0 Å². The monoisotopic (exact) mass is 428 g/mol. The van der Waals surface area contributed by atoms with Crippen LogP contribution in [0.15, 0.2) is 53.6 Å². The standard InChI is InChI=1S/C25H28N6O/c1-3-4-5-8-15-27-25(32)21-22-24(30-20-10-7-6-9-19(20)29-22)31(23(21)26)28-16-18-13-11-17(2)12-14-18/h6-7,9-14,16H,3-5,8,15,26H2,1-2H3,(H,27,32)/b28-16-. The molecule has 0 unspecified atom stereocenters. The Morgan fingerprint density at radius 3 is 2.50 bits per heavy atom. The Hall–Kier alpha value is -3.74. The van der Waals surface area contributed by atoms with Crippen LogP contribution in [0.2, 0.25) is 0 Å². The molecule has 0 bridgehead atoms. The lowest BCUT2D eigenvalue weighted by atomic mass is 10.2. The quantitative estimate of drug-likeness (QED) is 0.315. The molecule has 0 radical (unpaired) electrons. The zero-order valence-electron chi connectivity index (χ0n) is 18.5. The molecule has 0 atom stereocenters. The van der Waals surface area contributed by atoms with Gasteiger partial charge in [-0.05, 0) is 31.0 Å². The van der Waals surface area contributed by atoms with Gasteiger partial charge in [0.25, 0.3) is 5.91 Å². The van der Waals surface area contributed by atoms with Gasteiger partial charge in [-0.15, -0.1) is 0 Å². The Labute approximate surface area is 187 Å². The van der Waals surface area contributed by atoms with Crippen molar-refractivity contribution in [1.82, 2.24) is 20.0 Å². The largest absolute Gasteiger partial charge is 0.383 e. The molecule has 2 aromatic carbocycles. The Morgan fingerprint density at radius 1 is 1.06 bits per heavy atom. The molecule has 2 aromatic heterocycles. The van der Waals surface area contributed by atoms with Gasteiger partial charge in [0.2, 0.25) is 0 Å². The van der Waals surface area contributed by atoms with Crippen molar-refractivity contribution in [1.29, 1.82) is 0 Å². The average Bonchev–Trinajstić information content (AvgIpc) is 3.07. The molecule has 7 heteroatoms. The summed E-state index contributed by atoms with van der Waals surface area (Å²) >= 11 is 0. The molecular weight excluding hydrogens is 400 g/mol. The first-order valence-corrected chi connectivity index (χ1v) is 11.0. The molecule has 0 saturated heterocycles. The number of hydrogen-bond donors (Lipinski definition) is 2. The summed E-state index contributed by atoms with van der Waals surface area (Å²) in [6.07, 6.45) is 6.02. The number of anilines is 1. The molecular formula is C25H28N6O. The van der Waals surface area contributed by atoms with Crippen molar-refractivity contribution in [2.75, 3.05) is 12.3 Å². The van der Waals surface area contributed by atoms with E-state index in [0.717, 1.165) is 36.8 Å². The Kier molecular flexibility index (Phi) is 6.44. The molecule has 0 aliphatic rings. The topological polar surface area (TPSA) is 98.2 Å². The normalized spacial score (nSPS) is 11.6. The molecule has 32 heavy (non-hydrogen) atoms. The average molecular weight is 429 g/mol. The van der Waals surface area contributed by atoms with Crippen LogP contribution in [0.25, 0.3) is 22.2 Å². The summed E-state index contributed by atoms with van der Waals surface area (Å²) in [5.74, 6) is -0.0254. The zero-order chi connectivity index (χ0) is 22.5. The molecule has 3 N–H and O–H groups in total. The molecule has 0 aliphatic heterocycles. The maximum Gasteiger partial charge on any atom is 0.257 e. The fourth-order valence-electron chi connectivity index (χ4n) is 3.61. The highest BCUT2D eigenvalue weighted by Gasteiger charge is 2.23. The van der Waals surface area contributed by atoms with Gasteiger partial charge >= 0.3 is 0 Å². The second-order valence-electron chi connectivity index (χ2n) is 7.93. The lowest BCUT2D eigenvalue weighted by Gasteiger charge is -2.05. The highest BCUT2D eigenvalue weighted by molar-refractivity contribution is 6.10. The summed E-state index contributed by atoms with van der Waals surface area (Å²) in [4.78, 5) is 22.5. The minimum absolute atomic E-state index is 0.227. The zero-order valence-corrected chi connectivity index (χ0v) is 18.5. The van der Waals surface area contributed by atoms with E-state index in [-0.39, 0.29) is 11.7 Å². The Bertz CT molecular complexity index is 1270. The number of nitrogen functional groups attached to an aromatic ring is 1. The SMILES string of the molecule is CCCCCCNC(=O)c1c(N)n(/N=C\c2ccc(C)cc2)c2nc3ccccc3nc12. The number of carbonyl (C=O) groups is 1. The van der Waals surface area contributed by atoms with E-state index in [9.17, 15) is 4.79 Å². The number of carbonyl (C=O) groups excluding carboxylic acids is 1. The third-order valence-electron chi connectivity index (χ3n) is 5.42. The molecule has 4 rings (SSSR count). The smallest absolute Gasteiger partial charge is 0.257 e. The van der Waals surface area contributed by atoms with Crippen molar-refractivity contribution < 1.29 is 4.79 Å². The third kappa shape index (κ3) is 4.46. The van der Waals surface area contributed by atoms with Crippen LogP contribution in [0.5, 0.6) is 0 Å². The van der Waals surface area contributed by atoms with E-state index in [1.165, 1.54) is 10.2 Å². The number of rotatable bonds is 8. The number of hydrogen-bond acceptors (Lipinski definition) is 5. The Balaban J connectivity index is 1.75. The number of aryl methyl sites for hydroxylation is 1. The number of benzene rings is 2.